The van der Waals surface area contributed by atoms with E-state index in [1.165, 1.54) is 43.1 Å². The molecule has 1 heterocycles. The minimum atomic E-state index is -3.46. The van der Waals surface area contributed by atoms with E-state index in [1.807, 2.05) is 0 Å². The van der Waals surface area contributed by atoms with Gasteiger partial charge >= 0.3 is 5.97 Å². The number of carbonyl (C=O) groups is 2. The molecular formula is C19H17ClN2O5S. The van der Waals surface area contributed by atoms with Crippen LogP contribution in [0.25, 0.3) is 10.9 Å². The second-order valence-corrected chi connectivity index (χ2v) is 8.54. The first-order chi connectivity index (χ1) is 13.1. The van der Waals surface area contributed by atoms with Gasteiger partial charge in [-0.15, -0.1) is 0 Å². The normalized spacial score (nSPS) is 11.4. The van der Waals surface area contributed by atoms with E-state index in [0.717, 1.165) is 10.6 Å². The fraction of sp³-hybridized carbons (Fsp3) is 0.158. The van der Waals surface area contributed by atoms with Crippen LogP contribution in [-0.2, 0) is 14.8 Å². The Morgan fingerprint density at radius 2 is 1.79 bits per heavy atom. The van der Waals surface area contributed by atoms with Gasteiger partial charge in [-0.05, 0) is 24.3 Å². The van der Waals surface area contributed by atoms with Gasteiger partial charge in [-0.1, -0.05) is 29.8 Å². The zero-order valence-electron chi connectivity index (χ0n) is 15.3. The molecule has 0 amide bonds. The number of rotatable bonds is 4. The molecule has 0 bridgehead atoms. The molecule has 0 unspecified atom stereocenters. The Morgan fingerprint density at radius 3 is 2.39 bits per heavy atom. The number of methoxy groups -OCH3 is 1. The fourth-order valence-electron chi connectivity index (χ4n) is 2.81. The van der Waals surface area contributed by atoms with Crippen LogP contribution in [0.4, 0.5) is 5.69 Å². The number of benzene rings is 2. The number of anilines is 1. The van der Waals surface area contributed by atoms with Crippen LogP contribution in [0.2, 0.25) is 5.02 Å². The largest absolute Gasteiger partial charge is 0.465 e. The number of carbonyl (C=O) groups excluding carboxylic acids is 2. The monoisotopic (exact) mass is 420 g/mol. The van der Waals surface area contributed by atoms with Crippen LogP contribution in [0.3, 0.4) is 0 Å². The molecule has 0 saturated carbocycles. The first kappa shape index (κ1) is 19.9. The first-order valence-corrected chi connectivity index (χ1v) is 10.3. The predicted molar refractivity (Wildman–Crippen MR) is 108 cm³/mol. The minimum Gasteiger partial charge on any atom is -0.465 e. The third-order valence-electron chi connectivity index (χ3n) is 4.38. The molecule has 0 N–H and O–H groups in total. The Hall–Kier alpha value is -2.84. The summed E-state index contributed by atoms with van der Waals surface area (Å²) in [6.07, 6.45) is 2.48. The second kappa shape index (κ2) is 7.29. The molecule has 0 spiro atoms. The number of esters is 1. The number of sulfonamides is 1. The molecule has 3 rings (SSSR count). The van der Waals surface area contributed by atoms with Crippen molar-refractivity contribution in [1.82, 2.24) is 4.57 Å². The minimum absolute atomic E-state index is 0.0930. The van der Waals surface area contributed by atoms with Gasteiger partial charge in [0.2, 0.25) is 10.0 Å². The van der Waals surface area contributed by atoms with Crippen LogP contribution in [0.1, 0.15) is 20.7 Å². The van der Waals surface area contributed by atoms with E-state index in [1.54, 1.807) is 24.3 Å². The zero-order chi connectivity index (χ0) is 20.6. The van der Waals surface area contributed by atoms with Crippen molar-refractivity contribution in [3.05, 3.63) is 64.8 Å². The van der Waals surface area contributed by atoms with Crippen molar-refractivity contribution in [2.45, 2.75) is 0 Å². The zero-order valence-corrected chi connectivity index (χ0v) is 16.9. The Bertz CT molecular complexity index is 1200. The number of fused-ring (bicyclic) bond motifs is 1. The van der Waals surface area contributed by atoms with Gasteiger partial charge < -0.3 is 4.74 Å². The van der Waals surface area contributed by atoms with E-state index in [9.17, 15) is 18.0 Å². The number of para-hydroxylation sites is 1. The summed E-state index contributed by atoms with van der Waals surface area (Å²) in [5, 5.41) is 0.669. The highest BCUT2D eigenvalue weighted by Crippen LogP contribution is 2.28. The van der Waals surface area contributed by atoms with Gasteiger partial charge in [-0.25, -0.2) is 13.2 Å². The van der Waals surface area contributed by atoms with E-state index in [-0.39, 0.29) is 16.1 Å². The highest BCUT2D eigenvalue weighted by atomic mass is 35.5. The summed E-state index contributed by atoms with van der Waals surface area (Å²) in [4.78, 5) is 25.1. The van der Waals surface area contributed by atoms with Gasteiger partial charge in [0.15, 0.2) is 0 Å². The molecule has 3 aromatic rings. The average molecular weight is 421 g/mol. The molecule has 0 saturated heterocycles. The van der Waals surface area contributed by atoms with Crippen molar-refractivity contribution in [1.29, 1.82) is 0 Å². The lowest BCUT2D eigenvalue weighted by atomic mass is 10.1. The molecule has 9 heteroatoms. The lowest BCUT2D eigenvalue weighted by Crippen LogP contribution is -2.25. The lowest BCUT2D eigenvalue weighted by Gasteiger charge is -2.17. The highest BCUT2D eigenvalue weighted by Gasteiger charge is 2.22. The quantitative estimate of drug-likeness (QED) is 0.605. The molecule has 0 radical (unpaired) electrons. The highest BCUT2D eigenvalue weighted by molar-refractivity contribution is 7.92. The summed E-state index contributed by atoms with van der Waals surface area (Å²) in [6, 6.07) is 11.3. The summed E-state index contributed by atoms with van der Waals surface area (Å²) in [7, 11) is -0.801. The van der Waals surface area contributed by atoms with E-state index < -0.39 is 21.9 Å². The molecule has 28 heavy (non-hydrogen) atoms. The van der Waals surface area contributed by atoms with Crippen LogP contribution in [-0.4, -0.2) is 45.3 Å². The van der Waals surface area contributed by atoms with Gasteiger partial charge in [0.05, 0.1) is 40.7 Å². The Balaban J connectivity index is 2.09. The van der Waals surface area contributed by atoms with Crippen LogP contribution >= 0.6 is 11.6 Å². The third kappa shape index (κ3) is 3.48. The average Bonchev–Trinajstić information content (AvgIpc) is 3.05. The molecule has 0 aliphatic rings. The maximum atomic E-state index is 13.1. The Kier molecular flexibility index (Phi) is 5.18. The number of halogens is 1. The molecule has 2 aromatic carbocycles. The Labute approximate surface area is 167 Å². The topological polar surface area (TPSA) is 85.7 Å². The fourth-order valence-corrected chi connectivity index (χ4v) is 3.57. The van der Waals surface area contributed by atoms with Crippen molar-refractivity contribution < 1.29 is 22.7 Å². The molecule has 0 fully saturated rings. The standard InChI is InChI=1S/C19H17ClN2O5S/c1-21(28(3,25)26)12-8-9-14(16(20)10-12)18(23)22-11-15(19(24)27-2)13-6-4-5-7-17(13)22/h4-11H,1-3H3. The molecule has 146 valence electrons. The van der Waals surface area contributed by atoms with Crippen LogP contribution < -0.4 is 4.31 Å². The Morgan fingerprint density at radius 1 is 1.11 bits per heavy atom. The number of aromatic nitrogens is 1. The third-order valence-corrected chi connectivity index (χ3v) is 5.90. The maximum Gasteiger partial charge on any atom is 0.340 e. The first-order valence-electron chi connectivity index (χ1n) is 8.11. The smallest absolute Gasteiger partial charge is 0.340 e. The number of hydrogen-bond donors (Lipinski definition) is 0. The van der Waals surface area contributed by atoms with Gasteiger partial charge in [-0.2, -0.15) is 0 Å². The summed E-state index contributed by atoms with van der Waals surface area (Å²) in [5.74, 6) is -1.01. The van der Waals surface area contributed by atoms with Crippen molar-refractivity contribution >= 4 is 50.1 Å². The van der Waals surface area contributed by atoms with E-state index in [2.05, 4.69) is 0 Å². The van der Waals surface area contributed by atoms with Crippen molar-refractivity contribution in [2.24, 2.45) is 0 Å². The summed E-state index contributed by atoms with van der Waals surface area (Å²) in [5.41, 5.74) is 1.29. The van der Waals surface area contributed by atoms with E-state index in [0.29, 0.717) is 16.6 Å². The van der Waals surface area contributed by atoms with Crippen molar-refractivity contribution in [2.75, 3.05) is 24.7 Å². The lowest BCUT2D eigenvalue weighted by molar-refractivity contribution is 0.0603. The maximum absolute atomic E-state index is 13.1. The number of ether oxygens (including phenoxy) is 1. The summed E-state index contributed by atoms with van der Waals surface area (Å²) in [6.45, 7) is 0. The van der Waals surface area contributed by atoms with Crippen LogP contribution in [0.5, 0.6) is 0 Å². The van der Waals surface area contributed by atoms with Crippen molar-refractivity contribution in [3.63, 3.8) is 0 Å². The van der Waals surface area contributed by atoms with Crippen molar-refractivity contribution in [3.8, 4) is 0 Å². The van der Waals surface area contributed by atoms with Gasteiger partial charge in [0.25, 0.3) is 5.91 Å². The number of nitrogens with zero attached hydrogens (tertiary/aromatic N) is 2. The van der Waals surface area contributed by atoms with Crippen LogP contribution in [0, 0.1) is 0 Å². The molecule has 0 aliphatic carbocycles. The summed E-state index contributed by atoms with van der Waals surface area (Å²) >= 11 is 6.27. The second-order valence-electron chi connectivity index (χ2n) is 6.12. The van der Waals surface area contributed by atoms with E-state index >= 15 is 0 Å². The van der Waals surface area contributed by atoms with Crippen LogP contribution in [0.15, 0.2) is 48.7 Å². The molecular weight excluding hydrogens is 404 g/mol. The number of hydrogen-bond acceptors (Lipinski definition) is 5. The molecule has 7 nitrogen and oxygen atoms in total. The van der Waals surface area contributed by atoms with E-state index in [4.69, 9.17) is 16.3 Å². The molecule has 1 aromatic heterocycles. The van der Waals surface area contributed by atoms with Gasteiger partial charge in [0, 0.05) is 18.6 Å². The van der Waals surface area contributed by atoms with Gasteiger partial charge in [-0.3, -0.25) is 13.7 Å². The SMILES string of the molecule is COC(=O)c1cn(C(=O)c2ccc(N(C)S(C)(=O)=O)cc2Cl)c2ccccc12. The van der Waals surface area contributed by atoms with Gasteiger partial charge in [0.1, 0.15) is 0 Å². The molecule has 0 atom stereocenters. The molecule has 0 aliphatic heterocycles. The predicted octanol–water partition coefficient (Wildman–Crippen LogP) is 3.17. The summed E-state index contributed by atoms with van der Waals surface area (Å²) < 4.78 is 30.6.